The van der Waals surface area contributed by atoms with E-state index < -0.39 is 0 Å². The number of fused-ring (bicyclic) bond motifs is 1. The Morgan fingerprint density at radius 1 is 1.48 bits per heavy atom. The summed E-state index contributed by atoms with van der Waals surface area (Å²) in [7, 11) is 0. The number of aromatic nitrogens is 2. The molecule has 0 aliphatic carbocycles. The first-order valence-corrected chi connectivity index (χ1v) is 7.77. The predicted molar refractivity (Wildman–Crippen MR) is 80.2 cm³/mol. The first-order valence-electron chi connectivity index (χ1n) is 7.00. The average Bonchev–Trinajstić information content (AvgIpc) is 2.78. The number of benzene rings is 1. The van der Waals surface area contributed by atoms with E-state index in [9.17, 15) is 4.79 Å². The molecule has 21 heavy (non-hydrogen) atoms. The molecule has 1 aromatic heterocycles. The van der Waals surface area contributed by atoms with E-state index in [1.165, 1.54) is 11.5 Å². The smallest absolute Gasteiger partial charge is 0.223 e. The van der Waals surface area contributed by atoms with Crippen LogP contribution in [-0.2, 0) is 17.8 Å². The highest BCUT2D eigenvalue weighted by Crippen LogP contribution is 2.26. The molecule has 110 valence electrons. The Hall–Kier alpha value is -1.95. The molecule has 0 saturated heterocycles. The molecule has 1 unspecified atom stereocenters. The average molecular weight is 303 g/mol. The summed E-state index contributed by atoms with van der Waals surface area (Å²) in [5.74, 6) is 0.924. The van der Waals surface area contributed by atoms with Crippen LogP contribution in [0.3, 0.4) is 0 Å². The van der Waals surface area contributed by atoms with E-state index in [0.717, 1.165) is 34.7 Å². The third kappa shape index (κ3) is 3.21. The first kappa shape index (κ1) is 14.0. The number of carbonyl (C=O) groups is 1. The van der Waals surface area contributed by atoms with E-state index >= 15 is 0 Å². The minimum atomic E-state index is -0.0464. The lowest BCUT2D eigenvalue weighted by Crippen LogP contribution is -2.31. The number of rotatable bonds is 3. The molecule has 2 aromatic rings. The van der Waals surface area contributed by atoms with Gasteiger partial charge in [0.1, 0.15) is 5.75 Å². The second-order valence-electron chi connectivity index (χ2n) is 5.15. The molecule has 1 aliphatic heterocycles. The van der Waals surface area contributed by atoms with Gasteiger partial charge in [0.25, 0.3) is 0 Å². The van der Waals surface area contributed by atoms with Gasteiger partial charge in [-0.2, -0.15) is 0 Å². The van der Waals surface area contributed by atoms with E-state index in [2.05, 4.69) is 14.9 Å². The maximum absolute atomic E-state index is 12.4. The Balaban J connectivity index is 1.64. The van der Waals surface area contributed by atoms with Crippen molar-refractivity contribution >= 4 is 17.4 Å². The van der Waals surface area contributed by atoms with Gasteiger partial charge in [-0.1, -0.05) is 22.7 Å². The van der Waals surface area contributed by atoms with Gasteiger partial charge >= 0.3 is 0 Å². The topological polar surface area (TPSA) is 64.1 Å². The van der Waals surface area contributed by atoms with Gasteiger partial charge in [0.05, 0.1) is 23.7 Å². The van der Waals surface area contributed by atoms with Gasteiger partial charge in [0.2, 0.25) is 5.91 Å². The van der Waals surface area contributed by atoms with Crippen LogP contribution in [-0.4, -0.2) is 22.1 Å². The van der Waals surface area contributed by atoms with Crippen LogP contribution >= 0.6 is 11.5 Å². The van der Waals surface area contributed by atoms with Crippen molar-refractivity contribution in [1.82, 2.24) is 14.9 Å². The van der Waals surface area contributed by atoms with Gasteiger partial charge in [0, 0.05) is 5.92 Å². The summed E-state index contributed by atoms with van der Waals surface area (Å²) in [6.45, 7) is 2.98. The number of nitrogens with zero attached hydrogens (tertiary/aromatic N) is 2. The number of aryl methyl sites for hydroxylation is 1. The minimum Gasteiger partial charge on any atom is -0.493 e. The lowest BCUT2D eigenvalue weighted by Gasteiger charge is -2.13. The summed E-state index contributed by atoms with van der Waals surface area (Å²) in [4.78, 5) is 13.4. The van der Waals surface area contributed by atoms with Crippen LogP contribution in [0, 0.1) is 12.8 Å². The maximum Gasteiger partial charge on any atom is 0.223 e. The summed E-state index contributed by atoms with van der Waals surface area (Å²) >= 11 is 1.33. The van der Waals surface area contributed by atoms with Crippen LogP contribution in [0.25, 0.3) is 0 Å². The standard InChI is InChI=1S/C15H17N3O2S/c1-10-14(21-18-17-10)9-16-15(19)12-6-7-20-13-5-3-2-4-11(13)8-12/h2-5,12H,6-9H2,1H3,(H,16,19). The molecule has 0 saturated carbocycles. The Labute approximate surface area is 127 Å². The molecular formula is C15H17N3O2S. The normalized spacial score (nSPS) is 17.5. The Morgan fingerprint density at radius 3 is 3.14 bits per heavy atom. The fourth-order valence-corrected chi connectivity index (χ4v) is 3.01. The molecule has 1 atom stereocenters. The van der Waals surface area contributed by atoms with E-state index in [-0.39, 0.29) is 11.8 Å². The zero-order chi connectivity index (χ0) is 14.7. The largest absolute Gasteiger partial charge is 0.493 e. The summed E-state index contributed by atoms with van der Waals surface area (Å²) in [6, 6.07) is 7.92. The molecule has 0 radical (unpaired) electrons. The van der Waals surface area contributed by atoms with Crippen molar-refractivity contribution in [3.63, 3.8) is 0 Å². The van der Waals surface area contributed by atoms with Crippen molar-refractivity contribution in [2.75, 3.05) is 6.61 Å². The first-order chi connectivity index (χ1) is 10.2. The van der Waals surface area contributed by atoms with E-state index in [1.807, 2.05) is 31.2 Å². The number of hydrogen-bond acceptors (Lipinski definition) is 5. The third-order valence-corrected chi connectivity index (χ3v) is 4.53. The monoisotopic (exact) mass is 303 g/mol. The van der Waals surface area contributed by atoms with Gasteiger partial charge < -0.3 is 10.1 Å². The number of ether oxygens (including phenoxy) is 1. The molecule has 1 amide bonds. The van der Waals surface area contributed by atoms with E-state index in [1.54, 1.807) is 0 Å². The third-order valence-electron chi connectivity index (χ3n) is 3.70. The lowest BCUT2D eigenvalue weighted by atomic mass is 9.96. The second-order valence-corrected chi connectivity index (χ2v) is 5.98. The van der Waals surface area contributed by atoms with Gasteiger partial charge in [-0.15, -0.1) is 5.10 Å². The number of amides is 1. The van der Waals surface area contributed by atoms with Crippen molar-refractivity contribution in [2.24, 2.45) is 5.92 Å². The lowest BCUT2D eigenvalue weighted by molar-refractivity contribution is -0.125. The molecule has 0 spiro atoms. The van der Waals surface area contributed by atoms with Gasteiger partial charge in [0.15, 0.2) is 0 Å². The summed E-state index contributed by atoms with van der Waals surface area (Å²) in [6.07, 6.45) is 1.46. The highest BCUT2D eigenvalue weighted by molar-refractivity contribution is 7.05. The van der Waals surface area contributed by atoms with E-state index in [4.69, 9.17) is 4.74 Å². The second kappa shape index (κ2) is 6.22. The van der Waals surface area contributed by atoms with Crippen LogP contribution in [0.4, 0.5) is 0 Å². The number of hydrogen-bond donors (Lipinski definition) is 1. The maximum atomic E-state index is 12.4. The van der Waals surface area contributed by atoms with Crippen molar-refractivity contribution < 1.29 is 9.53 Å². The Kier molecular flexibility index (Phi) is 4.15. The quantitative estimate of drug-likeness (QED) is 0.943. The fourth-order valence-electron chi connectivity index (χ4n) is 2.44. The zero-order valence-electron chi connectivity index (χ0n) is 11.8. The molecular weight excluding hydrogens is 286 g/mol. The van der Waals surface area contributed by atoms with Crippen LogP contribution in [0.1, 0.15) is 22.6 Å². The summed E-state index contributed by atoms with van der Waals surface area (Å²) < 4.78 is 9.58. The van der Waals surface area contributed by atoms with Crippen LogP contribution in [0.2, 0.25) is 0 Å². The van der Waals surface area contributed by atoms with Crippen molar-refractivity contribution in [1.29, 1.82) is 0 Å². The number of carbonyl (C=O) groups excluding carboxylic acids is 1. The minimum absolute atomic E-state index is 0.0464. The van der Waals surface area contributed by atoms with Crippen molar-refractivity contribution in [2.45, 2.75) is 26.3 Å². The van der Waals surface area contributed by atoms with Gasteiger partial charge in [-0.05, 0) is 42.9 Å². The molecule has 1 N–H and O–H groups in total. The molecule has 1 aromatic carbocycles. The molecule has 2 heterocycles. The summed E-state index contributed by atoms with van der Waals surface area (Å²) in [5.41, 5.74) is 1.99. The van der Waals surface area contributed by atoms with Crippen LogP contribution < -0.4 is 10.1 Å². The van der Waals surface area contributed by atoms with Crippen LogP contribution in [0.15, 0.2) is 24.3 Å². The van der Waals surface area contributed by atoms with E-state index in [0.29, 0.717) is 13.2 Å². The van der Waals surface area contributed by atoms with Crippen molar-refractivity contribution in [3.8, 4) is 5.75 Å². The fraction of sp³-hybridized carbons (Fsp3) is 0.400. The Morgan fingerprint density at radius 2 is 2.33 bits per heavy atom. The predicted octanol–water partition coefficient (Wildman–Crippen LogP) is 2.10. The highest BCUT2D eigenvalue weighted by atomic mass is 32.1. The SMILES string of the molecule is Cc1nnsc1CNC(=O)C1CCOc2ccccc2C1. The summed E-state index contributed by atoms with van der Waals surface area (Å²) in [5, 5.41) is 6.94. The van der Waals surface area contributed by atoms with Crippen molar-refractivity contribution in [3.05, 3.63) is 40.4 Å². The molecule has 6 heteroatoms. The van der Waals surface area contributed by atoms with Crippen LogP contribution in [0.5, 0.6) is 5.75 Å². The zero-order valence-corrected chi connectivity index (χ0v) is 12.7. The Bertz CT molecular complexity index is 641. The molecule has 0 fully saturated rings. The number of nitrogens with one attached hydrogen (secondary N) is 1. The molecule has 5 nitrogen and oxygen atoms in total. The van der Waals surface area contributed by atoms with Gasteiger partial charge in [-0.3, -0.25) is 4.79 Å². The molecule has 3 rings (SSSR count). The van der Waals surface area contributed by atoms with Gasteiger partial charge in [-0.25, -0.2) is 0 Å². The molecule has 1 aliphatic rings. The highest BCUT2D eigenvalue weighted by Gasteiger charge is 2.23. The molecule has 0 bridgehead atoms. The number of para-hydroxylation sites is 1.